The standard InChI is InChI=1S/C18H29FN2/c1-14(16-9-17(19)13-20-12-16)11-21-18(2,3)10-15-7-5-4-6-8-15/h9,12-15,21H,4-8,10-11H2,1-3H3. The molecule has 1 saturated carbocycles. The lowest BCUT2D eigenvalue weighted by Gasteiger charge is -2.34. The van der Waals surface area contributed by atoms with Gasteiger partial charge in [-0.1, -0.05) is 39.0 Å². The smallest absolute Gasteiger partial charge is 0.141 e. The van der Waals surface area contributed by atoms with Crippen LogP contribution in [0.1, 0.15) is 70.8 Å². The molecule has 0 bridgehead atoms. The summed E-state index contributed by atoms with van der Waals surface area (Å²) in [6.07, 6.45) is 11.2. The first-order valence-corrected chi connectivity index (χ1v) is 8.32. The average Bonchev–Trinajstić information content (AvgIpc) is 2.45. The van der Waals surface area contributed by atoms with Crippen LogP contribution >= 0.6 is 0 Å². The maximum absolute atomic E-state index is 13.2. The number of aromatic nitrogens is 1. The molecule has 21 heavy (non-hydrogen) atoms. The van der Waals surface area contributed by atoms with Gasteiger partial charge in [0.25, 0.3) is 0 Å². The summed E-state index contributed by atoms with van der Waals surface area (Å²) in [4.78, 5) is 3.94. The highest BCUT2D eigenvalue weighted by atomic mass is 19.1. The minimum atomic E-state index is -0.249. The summed E-state index contributed by atoms with van der Waals surface area (Å²) in [6, 6.07) is 1.59. The summed E-state index contributed by atoms with van der Waals surface area (Å²) in [5.74, 6) is 0.895. The topological polar surface area (TPSA) is 24.9 Å². The predicted molar refractivity (Wildman–Crippen MR) is 85.9 cm³/mol. The molecule has 1 aromatic rings. The van der Waals surface area contributed by atoms with Crippen LogP contribution in [0.25, 0.3) is 0 Å². The van der Waals surface area contributed by atoms with Crippen LogP contribution in [0.3, 0.4) is 0 Å². The first kappa shape index (κ1) is 16.4. The van der Waals surface area contributed by atoms with Crippen LogP contribution in [0.2, 0.25) is 0 Å². The molecule has 1 aromatic heterocycles. The molecule has 0 radical (unpaired) electrons. The van der Waals surface area contributed by atoms with E-state index in [4.69, 9.17) is 0 Å². The largest absolute Gasteiger partial charge is 0.311 e. The molecule has 0 saturated heterocycles. The zero-order valence-corrected chi connectivity index (χ0v) is 13.7. The van der Waals surface area contributed by atoms with Gasteiger partial charge in [-0.05, 0) is 43.7 Å². The lowest BCUT2D eigenvalue weighted by molar-refractivity contribution is 0.244. The quantitative estimate of drug-likeness (QED) is 0.824. The van der Waals surface area contributed by atoms with E-state index in [2.05, 4.69) is 31.1 Å². The fraction of sp³-hybridized carbons (Fsp3) is 0.722. The van der Waals surface area contributed by atoms with E-state index < -0.39 is 0 Å². The van der Waals surface area contributed by atoms with Gasteiger partial charge in [-0.25, -0.2) is 4.39 Å². The molecule has 1 atom stereocenters. The van der Waals surface area contributed by atoms with Crippen molar-refractivity contribution >= 4 is 0 Å². The highest BCUT2D eigenvalue weighted by Gasteiger charge is 2.24. The number of halogens is 1. The molecule has 1 N–H and O–H groups in total. The van der Waals surface area contributed by atoms with Gasteiger partial charge in [0.1, 0.15) is 5.82 Å². The first-order valence-electron chi connectivity index (χ1n) is 8.32. The highest BCUT2D eigenvalue weighted by molar-refractivity contribution is 5.15. The van der Waals surface area contributed by atoms with Gasteiger partial charge in [-0.15, -0.1) is 0 Å². The molecule has 2 rings (SSSR count). The second-order valence-corrected chi connectivity index (χ2v) is 7.31. The van der Waals surface area contributed by atoms with Crippen LogP contribution in [0.4, 0.5) is 4.39 Å². The lowest BCUT2D eigenvalue weighted by Crippen LogP contribution is -2.43. The number of hydrogen-bond acceptors (Lipinski definition) is 2. The molecular formula is C18H29FN2. The van der Waals surface area contributed by atoms with E-state index >= 15 is 0 Å². The number of nitrogens with zero attached hydrogens (tertiary/aromatic N) is 1. The highest BCUT2D eigenvalue weighted by Crippen LogP contribution is 2.30. The molecule has 0 amide bonds. The van der Waals surface area contributed by atoms with Crippen molar-refractivity contribution in [1.29, 1.82) is 0 Å². The minimum absolute atomic E-state index is 0.150. The fourth-order valence-corrected chi connectivity index (χ4v) is 3.43. The van der Waals surface area contributed by atoms with Crippen molar-refractivity contribution in [3.63, 3.8) is 0 Å². The number of pyridine rings is 1. The molecule has 1 aliphatic carbocycles. The van der Waals surface area contributed by atoms with E-state index in [9.17, 15) is 4.39 Å². The summed E-state index contributed by atoms with van der Waals surface area (Å²) < 4.78 is 13.2. The van der Waals surface area contributed by atoms with Crippen LogP contribution in [-0.4, -0.2) is 17.1 Å². The van der Waals surface area contributed by atoms with Crippen LogP contribution in [0.15, 0.2) is 18.5 Å². The van der Waals surface area contributed by atoms with E-state index in [1.54, 1.807) is 12.3 Å². The van der Waals surface area contributed by atoms with E-state index in [1.807, 2.05) is 0 Å². The van der Waals surface area contributed by atoms with E-state index in [0.29, 0.717) is 0 Å². The second kappa shape index (κ2) is 7.35. The van der Waals surface area contributed by atoms with Crippen molar-refractivity contribution in [2.24, 2.45) is 5.92 Å². The Labute approximate surface area is 128 Å². The summed E-state index contributed by atoms with van der Waals surface area (Å²) in [5, 5.41) is 3.67. The summed E-state index contributed by atoms with van der Waals surface area (Å²) >= 11 is 0. The third-order valence-electron chi connectivity index (χ3n) is 4.71. The van der Waals surface area contributed by atoms with Crippen LogP contribution < -0.4 is 5.32 Å². The lowest BCUT2D eigenvalue weighted by atomic mass is 9.80. The SMILES string of the molecule is CC(CNC(C)(C)CC1CCCCC1)c1cncc(F)c1. The van der Waals surface area contributed by atoms with Crippen molar-refractivity contribution in [1.82, 2.24) is 10.3 Å². The van der Waals surface area contributed by atoms with E-state index in [-0.39, 0.29) is 17.3 Å². The van der Waals surface area contributed by atoms with Gasteiger partial charge in [0.05, 0.1) is 6.20 Å². The predicted octanol–water partition coefficient (Wildman–Crippen LogP) is 4.66. The molecule has 2 nitrogen and oxygen atoms in total. The Balaban J connectivity index is 1.82. The van der Waals surface area contributed by atoms with Crippen LogP contribution in [0.5, 0.6) is 0 Å². The Hall–Kier alpha value is -0.960. The first-order chi connectivity index (χ1) is 9.96. The van der Waals surface area contributed by atoms with Crippen LogP contribution in [0, 0.1) is 11.7 Å². The maximum Gasteiger partial charge on any atom is 0.141 e. The fourth-order valence-electron chi connectivity index (χ4n) is 3.43. The van der Waals surface area contributed by atoms with Crippen LogP contribution in [-0.2, 0) is 0 Å². The second-order valence-electron chi connectivity index (χ2n) is 7.31. The van der Waals surface area contributed by atoms with Gasteiger partial charge < -0.3 is 5.32 Å². The molecule has 0 aliphatic heterocycles. The maximum atomic E-state index is 13.2. The zero-order chi connectivity index (χ0) is 15.3. The average molecular weight is 292 g/mol. The van der Waals surface area contributed by atoms with Crippen molar-refractivity contribution in [3.8, 4) is 0 Å². The molecule has 3 heteroatoms. The summed E-state index contributed by atoms with van der Waals surface area (Å²) in [6.45, 7) is 7.57. The number of nitrogens with one attached hydrogen (secondary N) is 1. The minimum Gasteiger partial charge on any atom is -0.311 e. The molecule has 1 unspecified atom stereocenters. The van der Waals surface area contributed by atoms with E-state index in [0.717, 1.165) is 18.0 Å². The Morgan fingerprint density at radius 3 is 2.67 bits per heavy atom. The normalized spacial score (nSPS) is 18.7. The van der Waals surface area contributed by atoms with Gasteiger partial charge in [0.2, 0.25) is 0 Å². The van der Waals surface area contributed by atoms with Gasteiger partial charge in [0, 0.05) is 18.3 Å². The van der Waals surface area contributed by atoms with Gasteiger partial charge in [-0.2, -0.15) is 0 Å². The zero-order valence-electron chi connectivity index (χ0n) is 13.7. The molecule has 1 fully saturated rings. The summed E-state index contributed by atoms with van der Waals surface area (Å²) in [5.41, 5.74) is 1.12. The molecule has 1 aliphatic rings. The van der Waals surface area contributed by atoms with Crippen molar-refractivity contribution in [3.05, 3.63) is 29.8 Å². The Kier molecular flexibility index (Phi) is 5.74. The molecule has 118 valence electrons. The van der Waals surface area contributed by atoms with E-state index in [1.165, 1.54) is 44.7 Å². The molecule has 0 spiro atoms. The van der Waals surface area contributed by atoms with Gasteiger partial charge in [-0.3, -0.25) is 4.98 Å². The van der Waals surface area contributed by atoms with Crippen molar-refractivity contribution in [2.45, 2.75) is 70.8 Å². The third kappa shape index (κ3) is 5.39. The third-order valence-corrected chi connectivity index (χ3v) is 4.71. The number of rotatable bonds is 6. The molecule has 0 aromatic carbocycles. The Morgan fingerprint density at radius 2 is 2.00 bits per heavy atom. The molecular weight excluding hydrogens is 263 g/mol. The monoisotopic (exact) mass is 292 g/mol. The Morgan fingerprint density at radius 1 is 1.29 bits per heavy atom. The van der Waals surface area contributed by atoms with Crippen molar-refractivity contribution < 1.29 is 4.39 Å². The number of hydrogen-bond donors (Lipinski definition) is 1. The molecule has 1 heterocycles. The van der Waals surface area contributed by atoms with Crippen molar-refractivity contribution in [2.75, 3.05) is 6.54 Å². The summed E-state index contributed by atoms with van der Waals surface area (Å²) in [7, 11) is 0. The van der Waals surface area contributed by atoms with Gasteiger partial charge >= 0.3 is 0 Å². The van der Waals surface area contributed by atoms with Gasteiger partial charge in [0.15, 0.2) is 0 Å². The Bertz CT molecular complexity index is 439.